The highest BCUT2D eigenvalue weighted by Gasteiger charge is 2.35. The van der Waals surface area contributed by atoms with Crippen LogP contribution in [0, 0.1) is 16.7 Å². The zero-order valence-electron chi connectivity index (χ0n) is 13.4. The van der Waals surface area contributed by atoms with Crippen molar-refractivity contribution in [3.05, 3.63) is 29.8 Å². The molecule has 0 aromatic heterocycles. The molecule has 1 aromatic carbocycles. The lowest BCUT2D eigenvalue weighted by Crippen LogP contribution is -2.45. The Balaban J connectivity index is 2.65. The molecule has 5 nitrogen and oxygen atoms in total. The van der Waals surface area contributed by atoms with Crippen LogP contribution < -0.4 is 10.6 Å². The molecule has 0 saturated heterocycles. The van der Waals surface area contributed by atoms with Crippen molar-refractivity contribution >= 4 is 17.5 Å². The van der Waals surface area contributed by atoms with Gasteiger partial charge in [0.15, 0.2) is 0 Å². The topological polar surface area (TPSA) is 82.0 Å². The number of carbonyl (C=O) groups excluding carboxylic acids is 2. The van der Waals surface area contributed by atoms with Gasteiger partial charge in [0.25, 0.3) is 0 Å². The minimum Gasteiger partial charge on any atom is -0.355 e. The Labute approximate surface area is 131 Å². The van der Waals surface area contributed by atoms with Gasteiger partial charge in [-0.1, -0.05) is 25.8 Å². The van der Waals surface area contributed by atoms with Gasteiger partial charge in [0.2, 0.25) is 11.8 Å². The molecular weight excluding hydrogens is 278 g/mol. The molecule has 0 bridgehead atoms. The maximum atomic E-state index is 12.3. The van der Waals surface area contributed by atoms with Crippen LogP contribution in [-0.4, -0.2) is 18.4 Å². The lowest BCUT2D eigenvalue weighted by molar-refractivity contribution is -0.138. The van der Waals surface area contributed by atoms with Crippen LogP contribution in [0.4, 0.5) is 5.69 Å². The molecule has 0 aliphatic rings. The first-order valence-electron chi connectivity index (χ1n) is 7.51. The highest BCUT2D eigenvalue weighted by molar-refractivity contribution is 6.09. The Morgan fingerprint density at radius 1 is 1.23 bits per heavy atom. The van der Waals surface area contributed by atoms with Crippen molar-refractivity contribution in [2.75, 3.05) is 11.9 Å². The smallest absolute Gasteiger partial charge is 0.239 e. The van der Waals surface area contributed by atoms with E-state index in [4.69, 9.17) is 5.26 Å². The van der Waals surface area contributed by atoms with E-state index in [1.807, 2.05) is 6.07 Å². The van der Waals surface area contributed by atoms with Gasteiger partial charge in [0.1, 0.15) is 5.41 Å². The first kappa shape index (κ1) is 17.7. The summed E-state index contributed by atoms with van der Waals surface area (Å²) in [5, 5.41) is 14.3. The van der Waals surface area contributed by atoms with Gasteiger partial charge < -0.3 is 10.6 Å². The second kappa shape index (κ2) is 8.18. The second-order valence-electron chi connectivity index (χ2n) is 5.73. The van der Waals surface area contributed by atoms with Crippen LogP contribution in [0.15, 0.2) is 24.3 Å². The summed E-state index contributed by atoms with van der Waals surface area (Å²) in [7, 11) is 0. The van der Waals surface area contributed by atoms with Crippen molar-refractivity contribution in [1.82, 2.24) is 5.32 Å². The maximum Gasteiger partial charge on any atom is 0.239 e. The first-order valence-corrected chi connectivity index (χ1v) is 7.51. The fraction of sp³-hybridized carbons (Fsp3) is 0.471. The second-order valence-corrected chi connectivity index (χ2v) is 5.73. The molecule has 0 atom stereocenters. The molecule has 0 aliphatic heterocycles. The largest absolute Gasteiger partial charge is 0.355 e. The van der Waals surface area contributed by atoms with E-state index in [1.54, 1.807) is 38.1 Å². The summed E-state index contributed by atoms with van der Waals surface area (Å²) in [4.78, 5) is 24.5. The highest BCUT2D eigenvalue weighted by Crippen LogP contribution is 2.19. The molecule has 2 N–H and O–H groups in total. The molecule has 2 amide bonds. The normalized spacial score (nSPS) is 10.6. The van der Waals surface area contributed by atoms with Crippen molar-refractivity contribution in [3.63, 3.8) is 0 Å². The molecule has 0 saturated carbocycles. The van der Waals surface area contributed by atoms with E-state index in [9.17, 15) is 9.59 Å². The van der Waals surface area contributed by atoms with E-state index >= 15 is 0 Å². The standard InChI is InChI=1S/C17H23N3O2/c1-4-5-6-10-19-15(21)17(2,3)16(22)20-14-9-7-8-13(11-14)12-18/h7-9,11H,4-6,10H2,1-3H3,(H,19,21)(H,20,22). The third-order valence-electron chi connectivity index (χ3n) is 3.45. The maximum absolute atomic E-state index is 12.3. The van der Waals surface area contributed by atoms with Crippen LogP contribution in [0.2, 0.25) is 0 Å². The highest BCUT2D eigenvalue weighted by atomic mass is 16.2. The zero-order valence-corrected chi connectivity index (χ0v) is 13.4. The number of unbranched alkanes of at least 4 members (excludes halogenated alkanes) is 2. The fourth-order valence-electron chi connectivity index (χ4n) is 1.85. The van der Waals surface area contributed by atoms with Crippen LogP contribution in [0.5, 0.6) is 0 Å². The summed E-state index contributed by atoms with van der Waals surface area (Å²) in [5.74, 6) is -0.687. The molecule has 0 radical (unpaired) electrons. The summed E-state index contributed by atoms with van der Waals surface area (Å²) in [5.41, 5.74) is -0.204. The number of hydrogen-bond acceptors (Lipinski definition) is 3. The molecule has 0 heterocycles. The van der Waals surface area contributed by atoms with Crippen molar-refractivity contribution in [2.45, 2.75) is 40.0 Å². The Hall–Kier alpha value is -2.35. The molecular formula is C17H23N3O2. The average molecular weight is 301 g/mol. The molecule has 0 unspecified atom stereocenters. The zero-order chi connectivity index (χ0) is 16.6. The van der Waals surface area contributed by atoms with Gasteiger partial charge in [0.05, 0.1) is 11.6 Å². The number of benzene rings is 1. The third kappa shape index (κ3) is 4.88. The summed E-state index contributed by atoms with van der Waals surface area (Å²) in [6.45, 7) is 5.85. The predicted octanol–water partition coefficient (Wildman–Crippen LogP) is 2.83. The SMILES string of the molecule is CCCCCNC(=O)C(C)(C)C(=O)Nc1cccc(C#N)c1. The monoisotopic (exact) mass is 301 g/mol. The van der Waals surface area contributed by atoms with Gasteiger partial charge in [0, 0.05) is 12.2 Å². The van der Waals surface area contributed by atoms with E-state index in [2.05, 4.69) is 17.6 Å². The Kier molecular flexibility index (Phi) is 6.58. The summed E-state index contributed by atoms with van der Waals surface area (Å²) >= 11 is 0. The number of nitrogens with zero attached hydrogens (tertiary/aromatic N) is 1. The van der Waals surface area contributed by atoms with Crippen LogP contribution in [-0.2, 0) is 9.59 Å². The minimum absolute atomic E-state index is 0.294. The molecule has 5 heteroatoms. The Morgan fingerprint density at radius 3 is 2.59 bits per heavy atom. The van der Waals surface area contributed by atoms with Crippen molar-refractivity contribution < 1.29 is 9.59 Å². The van der Waals surface area contributed by atoms with Crippen molar-refractivity contribution in [1.29, 1.82) is 5.26 Å². The Bertz CT molecular complexity index is 574. The Morgan fingerprint density at radius 2 is 1.95 bits per heavy atom. The first-order chi connectivity index (χ1) is 10.4. The number of rotatable bonds is 7. The van der Waals surface area contributed by atoms with Gasteiger partial charge in [-0.05, 0) is 38.5 Å². The van der Waals surface area contributed by atoms with E-state index in [-0.39, 0.29) is 5.91 Å². The molecule has 0 spiro atoms. The number of anilines is 1. The fourth-order valence-corrected chi connectivity index (χ4v) is 1.85. The van der Waals surface area contributed by atoms with Gasteiger partial charge >= 0.3 is 0 Å². The van der Waals surface area contributed by atoms with Crippen LogP contribution in [0.25, 0.3) is 0 Å². The number of amides is 2. The predicted molar refractivity (Wildman–Crippen MR) is 86.1 cm³/mol. The summed E-state index contributed by atoms with van der Waals surface area (Å²) < 4.78 is 0. The molecule has 0 fully saturated rings. The van der Waals surface area contributed by atoms with E-state index in [1.165, 1.54) is 0 Å². The van der Waals surface area contributed by atoms with Crippen molar-refractivity contribution in [3.8, 4) is 6.07 Å². The van der Waals surface area contributed by atoms with Gasteiger partial charge in [-0.15, -0.1) is 0 Å². The van der Waals surface area contributed by atoms with E-state index < -0.39 is 11.3 Å². The summed E-state index contributed by atoms with van der Waals surface area (Å²) in [6, 6.07) is 8.62. The number of hydrogen-bond donors (Lipinski definition) is 2. The van der Waals surface area contributed by atoms with Gasteiger partial charge in [-0.3, -0.25) is 9.59 Å². The van der Waals surface area contributed by atoms with Gasteiger partial charge in [-0.2, -0.15) is 5.26 Å². The molecule has 118 valence electrons. The number of nitrogens with one attached hydrogen (secondary N) is 2. The quantitative estimate of drug-likeness (QED) is 0.600. The lowest BCUT2D eigenvalue weighted by atomic mass is 9.91. The lowest BCUT2D eigenvalue weighted by Gasteiger charge is -2.22. The van der Waals surface area contributed by atoms with Crippen LogP contribution in [0.1, 0.15) is 45.6 Å². The molecule has 0 aliphatic carbocycles. The van der Waals surface area contributed by atoms with Gasteiger partial charge in [-0.25, -0.2) is 0 Å². The van der Waals surface area contributed by atoms with E-state index in [0.29, 0.717) is 17.8 Å². The average Bonchev–Trinajstić information content (AvgIpc) is 2.51. The number of carbonyl (C=O) groups is 2. The summed E-state index contributed by atoms with van der Waals surface area (Å²) in [6.07, 6.45) is 3.03. The van der Waals surface area contributed by atoms with Crippen LogP contribution >= 0.6 is 0 Å². The third-order valence-corrected chi connectivity index (χ3v) is 3.45. The molecule has 22 heavy (non-hydrogen) atoms. The minimum atomic E-state index is -1.17. The van der Waals surface area contributed by atoms with E-state index in [0.717, 1.165) is 19.3 Å². The molecule has 1 rings (SSSR count). The number of nitriles is 1. The van der Waals surface area contributed by atoms with Crippen molar-refractivity contribution in [2.24, 2.45) is 5.41 Å². The molecule has 1 aromatic rings. The van der Waals surface area contributed by atoms with Crippen LogP contribution in [0.3, 0.4) is 0 Å².